The molecule has 0 bridgehead atoms. The molecule has 6 heteroatoms. The Bertz CT molecular complexity index is 766. The van der Waals surface area contributed by atoms with Crippen LogP contribution < -0.4 is 9.47 Å². The molecule has 0 saturated heterocycles. The van der Waals surface area contributed by atoms with Gasteiger partial charge in [-0.25, -0.2) is 4.98 Å². The molecule has 0 spiro atoms. The van der Waals surface area contributed by atoms with Crippen molar-refractivity contribution >= 4 is 28.8 Å². The highest BCUT2D eigenvalue weighted by Crippen LogP contribution is 2.27. The number of esters is 1. The second-order valence-corrected chi connectivity index (χ2v) is 5.29. The Balaban J connectivity index is 1.62. The standard InChI is InChI=1S/C16H13NO4S/c1-19-13-8-4-5-9-14(13)20-15(18)10-22-16-17-11-6-2-3-7-12(11)21-16/h2-9H,10H2,1H3. The van der Waals surface area contributed by atoms with E-state index in [2.05, 4.69) is 4.98 Å². The van der Waals surface area contributed by atoms with Gasteiger partial charge in [-0.3, -0.25) is 4.79 Å². The first-order valence-electron chi connectivity index (χ1n) is 6.58. The van der Waals surface area contributed by atoms with Crippen molar-refractivity contribution in [3.05, 3.63) is 48.5 Å². The largest absolute Gasteiger partial charge is 0.493 e. The molecule has 0 fully saturated rings. The van der Waals surface area contributed by atoms with Crippen molar-refractivity contribution < 1.29 is 18.7 Å². The number of rotatable bonds is 5. The van der Waals surface area contributed by atoms with Crippen LogP contribution in [0.15, 0.2) is 58.2 Å². The summed E-state index contributed by atoms with van der Waals surface area (Å²) < 4.78 is 15.9. The van der Waals surface area contributed by atoms with Gasteiger partial charge < -0.3 is 13.9 Å². The molecule has 0 amide bonds. The van der Waals surface area contributed by atoms with E-state index in [1.165, 1.54) is 18.9 Å². The molecule has 0 N–H and O–H groups in total. The van der Waals surface area contributed by atoms with Gasteiger partial charge in [0.15, 0.2) is 17.1 Å². The zero-order valence-corrected chi connectivity index (χ0v) is 12.6. The second kappa shape index (κ2) is 6.53. The van der Waals surface area contributed by atoms with Crippen molar-refractivity contribution in [2.45, 2.75) is 5.22 Å². The summed E-state index contributed by atoms with van der Waals surface area (Å²) >= 11 is 1.19. The van der Waals surface area contributed by atoms with Crippen LogP contribution in [-0.4, -0.2) is 23.8 Å². The highest BCUT2D eigenvalue weighted by molar-refractivity contribution is 7.99. The Hall–Kier alpha value is -2.47. The highest BCUT2D eigenvalue weighted by atomic mass is 32.2. The maximum Gasteiger partial charge on any atom is 0.321 e. The Labute approximate surface area is 131 Å². The molecule has 0 aliphatic heterocycles. The van der Waals surface area contributed by atoms with Crippen molar-refractivity contribution in [3.8, 4) is 11.5 Å². The summed E-state index contributed by atoms with van der Waals surface area (Å²) in [6.45, 7) is 0. The summed E-state index contributed by atoms with van der Waals surface area (Å²) in [6.07, 6.45) is 0. The van der Waals surface area contributed by atoms with Crippen LogP contribution in [0.3, 0.4) is 0 Å². The number of thioether (sulfide) groups is 1. The van der Waals surface area contributed by atoms with Gasteiger partial charge in [-0.2, -0.15) is 0 Å². The van der Waals surface area contributed by atoms with E-state index in [4.69, 9.17) is 13.9 Å². The van der Waals surface area contributed by atoms with Gasteiger partial charge in [-0.05, 0) is 24.3 Å². The fourth-order valence-electron chi connectivity index (χ4n) is 1.89. The van der Waals surface area contributed by atoms with Gasteiger partial charge in [0.25, 0.3) is 5.22 Å². The Morgan fingerprint density at radius 3 is 2.64 bits per heavy atom. The lowest BCUT2D eigenvalue weighted by Gasteiger charge is -2.07. The summed E-state index contributed by atoms with van der Waals surface area (Å²) in [4.78, 5) is 16.2. The molecule has 1 aromatic heterocycles. The molecular formula is C16H13NO4S. The number of fused-ring (bicyclic) bond motifs is 1. The number of hydrogen-bond donors (Lipinski definition) is 0. The van der Waals surface area contributed by atoms with Gasteiger partial charge in [-0.1, -0.05) is 36.0 Å². The molecule has 3 rings (SSSR count). The maximum atomic E-state index is 11.9. The van der Waals surface area contributed by atoms with E-state index in [0.717, 1.165) is 5.52 Å². The minimum Gasteiger partial charge on any atom is -0.493 e. The molecule has 0 unspecified atom stereocenters. The van der Waals surface area contributed by atoms with E-state index in [9.17, 15) is 4.79 Å². The average Bonchev–Trinajstić information content (AvgIpc) is 2.96. The first-order chi connectivity index (χ1) is 10.8. The van der Waals surface area contributed by atoms with Crippen LogP contribution in [0.4, 0.5) is 0 Å². The monoisotopic (exact) mass is 315 g/mol. The first kappa shape index (κ1) is 14.5. The number of ether oxygens (including phenoxy) is 2. The third kappa shape index (κ3) is 3.23. The third-order valence-corrected chi connectivity index (χ3v) is 3.68. The fourth-order valence-corrected chi connectivity index (χ4v) is 2.50. The van der Waals surface area contributed by atoms with Gasteiger partial charge in [0.2, 0.25) is 0 Å². The number of carbonyl (C=O) groups excluding carboxylic acids is 1. The number of hydrogen-bond acceptors (Lipinski definition) is 6. The lowest BCUT2D eigenvalue weighted by molar-refractivity contribution is -0.131. The molecule has 5 nitrogen and oxygen atoms in total. The molecule has 0 saturated carbocycles. The fraction of sp³-hybridized carbons (Fsp3) is 0.125. The zero-order valence-electron chi connectivity index (χ0n) is 11.8. The van der Waals surface area contributed by atoms with Crippen molar-refractivity contribution in [2.24, 2.45) is 0 Å². The van der Waals surface area contributed by atoms with Gasteiger partial charge >= 0.3 is 5.97 Å². The van der Waals surface area contributed by atoms with Crippen molar-refractivity contribution in [1.82, 2.24) is 4.98 Å². The van der Waals surface area contributed by atoms with Crippen molar-refractivity contribution in [2.75, 3.05) is 12.9 Å². The Kier molecular flexibility index (Phi) is 4.29. The lowest BCUT2D eigenvalue weighted by Crippen LogP contribution is -2.11. The predicted molar refractivity (Wildman–Crippen MR) is 83.4 cm³/mol. The second-order valence-electron chi connectivity index (χ2n) is 4.36. The minimum atomic E-state index is -0.392. The molecule has 22 heavy (non-hydrogen) atoms. The lowest BCUT2D eigenvalue weighted by atomic mass is 10.3. The van der Waals surface area contributed by atoms with E-state index in [1.807, 2.05) is 30.3 Å². The maximum absolute atomic E-state index is 11.9. The van der Waals surface area contributed by atoms with Crippen LogP contribution >= 0.6 is 11.8 Å². The normalized spacial score (nSPS) is 10.6. The Morgan fingerprint density at radius 1 is 1.14 bits per heavy atom. The molecule has 0 atom stereocenters. The van der Waals surface area contributed by atoms with E-state index < -0.39 is 5.97 Å². The predicted octanol–water partition coefficient (Wildman–Crippen LogP) is 3.53. The number of aromatic nitrogens is 1. The van der Waals surface area contributed by atoms with E-state index in [-0.39, 0.29) is 5.75 Å². The third-order valence-electron chi connectivity index (χ3n) is 2.88. The van der Waals surface area contributed by atoms with E-state index in [0.29, 0.717) is 22.3 Å². The van der Waals surface area contributed by atoms with Crippen LogP contribution in [0, 0.1) is 0 Å². The highest BCUT2D eigenvalue weighted by Gasteiger charge is 2.12. The van der Waals surface area contributed by atoms with Crippen molar-refractivity contribution in [3.63, 3.8) is 0 Å². The van der Waals surface area contributed by atoms with Gasteiger partial charge in [0.1, 0.15) is 11.3 Å². The van der Waals surface area contributed by atoms with Crippen LogP contribution in [0.1, 0.15) is 0 Å². The molecule has 2 aromatic carbocycles. The summed E-state index contributed by atoms with van der Waals surface area (Å²) in [7, 11) is 1.53. The number of methoxy groups -OCH3 is 1. The quantitative estimate of drug-likeness (QED) is 0.408. The minimum absolute atomic E-state index is 0.102. The van der Waals surface area contributed by atoms with Crippen LogP contribution in [0.5, 0.6) is 11.5 Å². The van der Waals surface area contributed by atoms with Crippen LogP contribution in [0.2, 0.25) is 0 Å². The molecule has 0 radical (unpaired) electrons. The average molecular weight is 315 g/mol. The van der Waals surface area contributed by atoms with Gasteiger partial charge in [-0.15, -0.1) is 0 Å². The van der Waals surface area contributed by atoms with Gasteiger partial charge in [0, 0.05) is 0 Å². The van der Waals surface area contributed by atoms with Gasteiger partial charge in [0.05, 0.1) is 7.11 Å². The van der Waals surface area contributed by atoms with Crippen LogP contribution in [-0.2, 0) is 4.79 Å². The Morgan fingerprint density at radius 2 is 1.86 bits per heavy atom. The first-order valence-corrected chi connectivity index (χ1v) is 7.57. The molecular weight excluding hydrogens is 302 g/mol. The number of para-hydroxylation sites is 4. The molecule has 0 aliphatic rings. The summed E-state index contributed by atoms with van der Waals surface area (Å²) in [6, 6.07) is 14.4. The number of benzene rings is 2. The molecule has 3 aromatic rings. The summed E-state index contributed by atoms with van der Waals surface area (Å²) in [5.74, 6) is 0.623. The molecule has 112 valence electrons. The topological polar surface area (TPSA) is 61.6 Å². The van der Waals surface area contributed by atoms with E-state index in [1.54, 1.807) is 18.2 Å². The van der Waals surface area contributed by atoms with Crippen LogP contribution in [0.25, 0.3) is 11.1 Å². The number of nitrogens with zero attached hydrogens (tertiary/aromatic N) is 1. The van der Waals surface area contributed by atoms with E-state index >= 15 is 0 Å². The smallest absolute Gasteiger partial charge is 0.321 e. The molecule has 0 aliphatic carbocycles. The van der Waals surface area contributed by atoms with Crippen molar-refractivity contribution in [1.29, 1.82) is 0 Å². The summed E-state index contributed by atoms with van der Waals surface area (Å²) in [5, 5.41) is 0.443. The molecule has 1 heterocycles. The number of oxazole rings is 1. The zero-order chi connectivity index (χ0) is 15.4. The SMILES string of the molecule is COc1ccccc1OC(=O)CSc1nc2ccccc2o1. The summed E-state index contributed by atoms with van der Waals surface area (Å²) in [5.41, 5.74) is 1.46. The number of carbonyl (C=O) groups is 1.